The predicted molar refractivity (Wildman–Crippen MR) is 81.1 cm³/mol. The molecule has 0 unspecified atom stereocenters. The summed E-state index contributed by atoms with van der Waals surface area (Å²) in [4.78, 5) is 24.0. The molecular weight excluding hydrogens is 332 g/mol. The Morgan fingerprint density at radius 2 is 1.04 bits per heavy atom. The number of benzene rings is 2. The van der Waals surface area contributed by atoms with E-state index in [0.29, 0.717) is 0 Å². The third kappa shape index (κ3) is 1.66. The molecule has 23 heavy (non-hydrogen) atoms. The first-order valence-corrected chi connectivity index (χ1v) is 6.02. The number of phenols is 4. The molecule has 0 aliphatic carbocycles. The molecule has 0 saturated carbocycles. The first kappa shape index (κ1) is 14.8. The Kier molecular flexibility index (Phi) is 2.85. The molecule has 2 aromatic heterocycles. The van der Waals surface area contributed by atoms with Gasteiger partial charge in [0.2, 0.25) is 11.5 Å². The Bertz CT molecular complexity index is 1110. The van der Waals surface area contributed by atoms with Gasteiger partial charge in [0.1, 0.15) is 0 Å². The van der Waals surface area contributed by atoms with Crippen LogP contribution in [0, 0.1) is 0 Å². The van der Waals surface area contributed by atoms with Crippen LogP contribution >= 0.6 is 12.4 Å². The predicted octanol–water partition coefficient (Wildman–Crippen LogP) is 1.73. The van der Waals surface area contributed by atoms with Gasteiger partial charge in [0, 0.05) is 10.8 Å². The highest BCUT2D eigenvalue weighted by atomic mass is 35.5. The summed E-state index contributed by atoms with van der Waals surface area (Å²) >= 11 is 0. The van der Waals surface area contributed by atoms with Gasteiger partial charge in [-0.15, -0.1) is 12.4 Å². The van der Waals surface area contributed by atoms with Crippen molar-refractivity contribution in [3.63, 3.8) is 0 Å². The smallest absolute Gasteiger partial charge is 0.344 e. The number of halogens is 1. The molecule has 0 saturated heterocycles. The summed E-state index contributed by atoms with van der Waals surface area (Å²) in [5.74, 6) is -2.75. The van der Waals surface area contributed by atoms with E-state index in [2.05, 4.69) is 0 Å². The minimum absolute atomic E-state index is 0. The second-order valence-corrected chi connectivity index (χ2v) is 4.77. The molecule has 0 bridgehead atoms. The van der Waals surface area contributed by atoms with Crippen molar-refractivity contribution in [1.82, 2.24) is 0 Å². The van der Waals surface area contributed by atoms with Crippen molar-refractivity contribution in [3.8, 4) is 23.0 Å². The summed E-state index contributed by atoms with van der Waals surface area (Å²) in [7, 11) is 0. The Hall–Kier alpha value is -3.13. The maximum absolute atomic E-state index is 12.0. The van der Waals surface area contributed by atoms with Crippen molar-refractivity contribution in [2.75, 3.05) is 0 Å². The molecule has 2 heterocycles. The second-order valence-electron chi connectivity index (χ2n) is 4.77. The van der Waals surface area contributed by atoms with Gasteiger partial charge in [0.15, 0.2) is 22.7 Å². The summed E-state index contributed by atoms with van der Waals surface area (Å²) < 4.78 is 9.87. The monoisotopic (exact) mass is 338 g/mol. The van der Waals surface area contributed by atoms with Crippen LogP contribution in [-0.4, -0.2) is 20.4 Å². The molecule has 0 atom stereocenters. The zero-order valence-electron chi connectivity index (χ0n) is 11.0. The largest absolute Gasteiger partial charge is 0.504 e. The van der Waals surface area contributed by atoms with Crippen LogP contribution in [0.1, 0.15) is 0 Å². The van der Waals surface area contributed by atoms with Gasteiger partial charge in [0.25, 0.3) is 0 Å². The third-order valence-electron chi connectivity index (χ3n) is 3.55. The lowest BCUT2D eigenvalue weighted by Gasteiger charge is -2.10. The van der Waals surface area contributed by atoms with Gasteiger partial charge in [-0.1, -0.05) is 0 Å². The van der Waals surface area contributed by atoms with Crippen molar-refractivity contribution >= 4 is 45.1 Å². The first-order chi connectivity index (χ1) is 10.4. The highest BCUT2D eigenvalue weighted by Gasteiger charge is 2.24. The van der Waals surface area contributed by atoms with Crippen LogP contribution in [0.5, 0.6) is 23.0 Å². The number of aromatic hydroxyl groups is 4. The molecule has 2 aromatic carbocycles. The highest BCUT2D eigenvalue weighted by molar-refractivity contribution is 6.22. The van der Waals surface area contributed by atoms with E-state index in [1.807, 2.05) is 0 Å². The van der Waals surface area contributed by atoms with E-state index < -0.39 is 45.4 Å². The van der Waals surface area contributed by atoms with Gasteiger partial charge >= 0.3 is 11.3 Å². The van der Waals surface area contributed by atoms with Crippen LogP contribution in [0.15, 0.2) is 30.6 Å². The van der Waals surface area contributed by atoms with Crippen LogP contribution in [0.3, 0.4) is 0 Å². The summed E-state index contributed by atoms with van der Waals surface area (Å²) in [6.07, 6.45) is 0. The normalized spacial score (nSPS) is 11.3. The van der Waals surface area contributed by atoms with Crippen molar-refractivity contribution in [1.29, 1.82) is 0 Å². The molecule has 8 nitrogen and oxygen atoms in total. The number of hydrogen-bond acceptors (Lipinski definition) is 8. The quantitative estimate of drug-likeness (QED) is 0.216. The Balaban J connectivity index is 0.00000156. The van der Waals surface area contributed by atoms with E-state index in [4.69, 9.17) is 8.83 Å². The molecule has 0 aliphatic heterocycles. The fourth-order valence-corrected chi connectivity index (χ4v) is 2.58. The lowest BCUT2D eigenvalue weighted by molar-refractivity contribution is 0.395. The average Bonchev–Trinajstić information content (AvgIpc) is 2.47. The molecule has 0 spiro atoms. The summed E-state index contributed by atoms with van der Waals surface area (Å²) in [5, 5.41) is 38.7. The zero-order chi connectivity index (χ0) is 15.8. The molecule has 0 aliphatic rings. The van der Waals surface area contributed by atoms with Gasteiger partial charge < -0.3 is 29.3 Å². The van der Waals surface area contributed by atoms with Crippen LogP contribution in [0.2, 0.25) is 0 Å². The van der Waals surface area contributed by atoms with Gasteiger partial charge in [0.05, 0.1) is 10.8 Å². The minimum atomic E-state index is -0.941. The Labute approximate surface area is 131 Å². The second kappa shape index (κ2) is 4.43. The zero-order valence-corrected chi connectivity index (χ0v) is 11.8. The molecule has 0 fully saturated rings. The van der Waals surface area contributed by atoms with Crippen molar-refractivity contribution in [2.24, 2.45) is 0 Å². The Morgan fingerprint density at radius 3 is 1.39 bits per heavy atom. The van der Waals surface area contributed by atoms with E-state index in [9.17, 15) is 30.0 Å². The topological polar surface area (TPSA) is 141 Å². The van der Waals surface area contributed by atoms with Gasteiger partial charge in [-0.05, 0) is 12.1 Å². The van der Waals surface area contributed by atoms with Crippen LogP contribution in [0.4, 0.5) is 0 Å². The van der Waals surface area contributed by atoms with E-state index in [0.717, 1.165) is 12.1 Å². The van der Waals surface area contributed by atoms with Crippen molar-refractivity contribution in [2.45, 2.75) is 0 Å². The van der Waals surface area contributed by atoms with E-state index in [1.54, 1.807) is 0 Å². The minimum Gasteiger partial charge on any atom is -0.504 e. The number of rotatable bonds is 0. The van der Waals surface area contributed by atoms with Gasteiger partial charge in [-0.25, -0.2) is 9.59 Å². The van der Waals surface area contributed by atoms with Crippen LogP contribution < -0.4 is 11.3 Å². The lowest BCUT2D eigenvalue weighted by atomic mass is 10.0. The molecule has 4 N–H and O–H groups in total. The molecule has 118 valence electrons. The molecule has 0 amide bonds. The summed E-state index contributed by atoms with van der Waals surface area (Å²) in [6.45, 7) is 0. The Morgan fingerprint density at radius 1 is 0.696 bits per heavy atom. The standard InChI is InChI=1S/C14H6O8.ClH/c15-5-1-3-7-8-4(14(20)22-11(7)9(5)17)2-6(16)10(18)12(8)21-13(3)19;/h1-2,15-18H;1H. The summed E-state index contributed by atoms with van der Waals surface area (Å²) in [5.41, 5.74) is -2.70. The molecule has 0 radical (unpaired) electrons. The maximum Gasteiger partial charge on any atom is 0.344 e. The van der Waals surface area contributed by atoms with Crippen LogP contribution in [0.25, 0.3) is 32.7 Å². The molecule has 9 heteroatoms. The fourth-order valence-electron chi connectivity index (χ4n) is 2.58. The van der Waals surface area contributed by atoms with Gasteiger partial charge in [-0.3, -0.25) is 0 Å². The van der Waals surface area contributed by atoms with E-state index >= 15 is 0 Å². The molecular formula is C14H7ClO8. The molecule has 4 aromatic rings. The van der Waals surface area contributed by atoms with Crippen molar-refractivity contribution < 1.29 is 29.3 Å². The fraction of sp³-hybridized carbons (Fsp3) is 0. The van der Waals surface area contributed by atoms with Gasteiger partial charge in [-0.2, -0.15) is 0 Å². The number of hydrogen-bond donors (Lipinski definition) is 4. The maximum atomic E-state index is 12.0. The van der Waals surface area contributed by atoms with E-state index in [1.165, 1.54) is 0 Å². The average molecular weight is 339 g/mol. The SMILES string of the molecule is Cl.O=c1oc2c(O)c(O)cc3c(=O)oc4c(O)c(O)cc1c4c23. The van der Waals surface area contributed by atoms with Crippen molar-refractivity contribution in [3.05, 3.63) is 33.0 Å². The number of phenolic OH excluding ortho intramolecular Hbond substituents is 4. The lowest BCUT2D eigenvalue weighted by Crippen LogP contribution is -2.06. The first-order valence-electron chi connectivity index (χ1n) is 6.02. The summed E-state index contributed by atoms with van der Waals surface area (Å²) in [6, 6.07) is 1.93. The highest BCUT2D eigenvalue weighted by Crippen LogP contribution is 2.44. The van der Waals surface area contributed by atoms with E-state index in [-0.39, 0.29) is 34.0 Å². The third-order valence-corrected chi connectivity index (χ3v) is 3.55. The molecule has 4 rings (SSSR count). The van der Waals surface area contributed by atoms with Crippen LogP contribution in [-0.2, 0) is 0 Å².